The van der Waals surface area contributed by atoms with Crippen LogP contribution in [0, 0.1) is 0 Å². The zero-order chi connectivity index (χ0) is 15.2. The first-order valence-corrected chi connectivity index (χ1v) is 7.21. The van der Waals surface area contributed by atoms with Gasteiger partial charge in [0, 0.05) is 11.1 Å². The van der Waals surface area contributed by atoms with Crippen LogP contribution in [-0.2, 0) is 12.8 Å². The van der Waals surface area contributed by atoms with Crippen LogP contribution < -0.4 is 15.2 Å². The summed E-state index contributed by atoms with van der Waals surface area (Å²) in [6, 6.07) is 13.7. The van der Waals surface area contributed by atoms with Crippen molar-refractivity contribution < 1.29 is 9.47 Å². The summed E-state index contributed by atoms with van der Waals surface area (Å²) in [4.78, 5) is 0. The van der Waals surface area contributed by atoms with E-state index in [9.17, 15) is 0 Å². The summed E-state index contributed by atoms with van der Waals surface area (Å²) in [5, 5.41) is 0.743. The molecule has 0 radical (unpaired) electrons. The molecule has 112 valence electrons. The van der Waals surface area contributed by atoms with Gasteiger partial charge in [0.05, 0.1) is 14.2 Å². The number of hydrogen-bond acceptors (Lipinski definition) is 3. The molecule has 2 rings (SSSR count). The Kier molecular flexibility index (Phi) is 5.48. The van der Waals surface area contributed by atoms with E-state index in [1.165, 1.54) is 5.56 Å². The Morgan fingerprint density at radius 1 is 0.905 bits per heavy atom. The number of halogens is 1. The third-order valence-electron chi connectivity index (χ3n) is 3.36. The highest BCUT2D eigenvalue weighted by molar-refractivity contribution is 6.30. The van der Waals surface area contributed by atoms with Gasteiger partial charge in [0.1, 0.15) is 0 Å². The van der Waals surface area contributed by atoms with Crippen molar-refractivity contribution in [2.24, 2.45) is 5.73 Å². The third-order valence-corrected chi connectivity index (χ3v) is 3.61. The van der Waals surface area contributed by atoms with Crippen molar-refractivity contribution in [3.63, 3.8) is 0 Å². The lowest BCUT2D eigenvalue weighted by atomic mass is 9.99. The standard InChI is InChI=1S/C17H20ClNO2/c1-20-16-8-5-13(11-17(16)21-2)10-15(19)9-12-3-6-14(18)7-4-12/h3-8,11,15H,9-10,19H2,1-2H3. The Morgan fingerprint density at radius 3 is 2.10 bits per heavy atom. The molecule has 4 heteroatoms. The van der Waals surface area contributed by atoms with Crippen molar-refractivity contribution >= 4 is 11.6 Å². The van der Waals surface area contributed by atoms with Gasteiger partial charge < -0.3 is 15.2 Å². The summed E-state index contributed by atoms with van der Waals surface area (Å²) < 4.78 is 10.5. The number of benzene rings is 2. The Hall–Kier alpha value is -1.71. The van der Waals surface area contributed by atoms with Gasteiger partial charge in [-0.25, -0.2) is 0 Å². The highest BCUT2D eigenvalue weighted by Gasteiger charge is 2.09. The minimum Gasteiger partial charge on any atom is -0.493 e. The third kappa shape index (κ3) is 4.38. The van der Waals surface area contributed by atoms with Crippen molar-refractivity contribution in [1.29, 1.82) is 0 Å². The molecule has 0 heterocycles. The maximum Gasteiger partial charge on any atom is 0.160 e. The Labute approximate surface area is 130 Å². The lowest BCUT2D eigenvalue weighted by molar-refractivity contribution is 0.354. The molecular weight excluding hydrogens is 286 g/mol. The Balaban J connectivity index is 2.02. The largest absolute Gasteiger partial charge is 0.493 e. The van der Waals surface area contributed by atoms with Crippen molar-refractivity contribution in [1.82, 2.24) is 0 Å². The minimum absolute atomic E-state index is 0.0456. The van der Waals surface area contributed by atoms with E-state index in [0.717, 1.165) is 34.9 Å². The second-order valence-corrected chi connectivity index (χ2v) is 5.42. The van der Waals surface area contributed by atoms with E-state index in [-0.39, 0.29) is 6.04 Å². The van der Waals surface area contributed by atoms with Gasteiger partial charge in [-0.1, -0.05) is 29.8 Å². The van der Waals surface area contributed by atoms with Gasteiger partial charge in [-0.2, -0.15) is 0 Å². The zero-order valence-corrected chi connectivity index (χ0v) is 13.1. The summed E-state index contributed by atoms with van der Waals surface area (Å²) in [5.74, 6) is 1.46. The number of hydrogen-bond donors (Lipinski definition) is 1. The Morgan fingerprint density at radius 2 is 1.48 bits per heavy atom. The number of ether oxygens (including phenoxy) is 2. The fourth-order valence-corrected chi connectivity index (χ4v) is 2.43. The number of methoxy groups -OCH3 is 2. The van der Waals surface area contributed by atoms with E-state index >= 15 is 0 Å². The molecular formula is C17H20ClNO2. The monoisotopic (exact) mass is 305 g/mol. The average Bonchev–Trinajstić information content (AvgIpc) is 2.49. The molecule has 0 aliphatic carbocycles. The molecule has 0 aromatic heterocycles. The molecule has 0 saturated carbocycles. The van der Waals surface area contributed by atoms with Gasteiger partial charge in [0.2, 0.25) is 0 Å². The summed E-state index contributed by atoms with van der Waals surface area (Å²) in [6.45, 7) is 0. The van der Waals surface area contributed by atoms with Gasteiger partial charge in [0.25, 0.3) is 0 Å². The lowest BCUT2D eigenvalue weighted by Crippen LogP contribution is -2.25. The SMILES string of the molecule is COc1ccc(CC(N)Cc2ccc(Cl)cc2)cc1OC. The summed E-state index contributed by atoms with van der Waals surface area (Å²) in [7, 11) is 3.26. The molecule has 0 spiro atoms. The van der Waals surface area contributed by atoms with Crippen molar-refractivity contribution in [2.45, 2.75) is 18.9 Å². The van der Waals surface area contributed by atoms with E-state index in [1.54, 1.807) is 14.2 Å². The van der Waals surface area contributed by atoms with Crippen LogP contribution in [0.3, 0.4) is 0 Å². The van der Waals surface area contributed by atoms with Crippen LogP contribution in [-0.4, -0.2) is 20.3 Å². The molecule has 0 aliphatic heterocycles. The summed E-state index contributed by atoms with van der Waals surface area (Å²) in [6.07, 6.45) is 1.59. The van der Waals surface area contributed by atoms with Crippen LogP contribution in [0.4, 0.5) is 0 Å². The molecule has 0 amide bonds. The van der Waals surface area contributed by atoms with Crippen LogP contribution in [0.5, 0.6) is 11.5 Å². The van der Waals surface area contributed by atoms with Crippen LogP contribution in [0.15, 0.2) is 42.5 Å². The highest BCUT2D eigenvalue weighted by atomic mass is 35.5. The molecule has 2 aromatic rings. The Bertz CT molecular complexity index is 584. The van der Waals surface area contributed by atoms with E-state index in [1.807, 2.05) is 42.5 Å². The lowest BCUT2D eigenvalue weighted by Gasteiger charge is -2.14. The normalized spacial score (nSPS) is 12.0. The average molecular weight is 306 g/mol. The molecule has 3 nitrogen and oxygen atoms in total. The maximum atomic E-state index is 6.23. The van der Waals surface area contributed by atoms with Gasteiger partial charge >= 0.3 is 0 Å². The van der Waals surface area contributed by atoms with Crippen LogP contribution in [0.1, 0.15) is 11.1 Å². The van der Waals surface area contributed by atoms with Crippen molar-refractivity contribution in [3.8, 4) is 11.5 Å². The highest BCUT2D eigenvalue weighted by Crippen LogP contribution is 2.28. The maximum absolute atomic E-state index is 6.23. The molecule has 1 unspecified atom stereocenters. The predicted octanol–water partition coefficient (Wildman–Crippen LogP) is 3.47. The second kappa shape index (κ2) is 7.34. The molecule has 21 heavy (non-hydrogen) atoms. The predicted molar refractivity (Wildman–Crippen MR) is 86.4 cm³/mol. The number of rotatable bonds is 6. The minimum atomic E-state index is 0.0456. The summed E-state index contributed by atoms with van der Waals surface area (Å²) in [5.41, 5.74) is 8.55. The molecule has 0 fully saturated rings. The topological polar surface area (TPSA) is 44.5 Å². The van der Waals surface area contributed by atoms with E-state index in [0.29, 0.717) is 0 Å². The van der Waals surface area contributed by atoms with Crippen LogP contribution in [0.2, 0.25) is 5.02 Å². The molecule has 0 saturated heterocycles. The first-order valence-electron chi connectivity index (χ1n) is 6.83. The number of nitrogens with two attached hydrogens (primary N) is 1. The van der Waals surface area contributed by atoms with Gasteiger partial charge in [-0.3, -0.25) is 0 Å². The molecule has 2 aromatic carbocycles. The first-order chi connectivity index (χ1) is 10.1. The quantitative estimate of drug-likeness (QED) is 0.889. The molecule has 2 N–H and O–H groups in total. The fourth-order valence-electron chi connectivity index (χ4n) is 2.31. The van der Waals surface area contributed by atoms with Crippen LogP contribution in [0.25, 0.3) is 0 Å². The van der Waals surface area contributed by atoms with E-state index < -0.39 is 0 Å². The molecule has 1 atom stereocenters. The van der Waals surface area contributed by atoms with Gasteiger partial charge in [-0.15, -0.1) is 0 Å². The molecule has 0 aliphatic rings. The van der Waals surface area contributed by atoms with Crippen LogP contribution >= 0.6 is 11.6 Å². The zero-order valence-electron chi connectivity index (χ0n) is 12.3. The smallest absolute Gasteiger partial charge is 0.160 e. The van der Waals surface area contributed by atoms with Crippen molar-refractivity contribution in [2.75, 3.05) is 14.2 Å². The second-order valence-electron chi connectivity index (χ2n) is 4.98. The van der Waals surface area contributed by atoms with Gasteiger partial charge in [0.15, 0.2) is 11.5 Å². The molecule has 0 bridgehead atoms. The van der Waals surface area contributed by atoms with Crippen molar-refractivity contribution in [3.05, 3.63) is 58.6 Å². The van der Waals surface area contributed by atoms with Gasteiger partial charge in [-0.05, 0) is 48.2 Å². The van der Waals surface area contributed by atoms with E-state index in [2.05, 4.69) is 0 Å². The first kappa shape index (κ1) is 15.7. The summed E-state index contributed by atoms with van der Waals surface area (Å²) >= 11 is 5.88. The fraction of sp³-hybridized carbons (Fsp3) is 0.294. The van der Waals surface area contributed by atoms with E-state index in [4.69, 9.17) is 26.8 Å².